The minimum atomic E-state index is -0.486. The molecule has 3 rings (SSSR count). The summed E-state index contributed by atoms with van der Waals surface area (Å²) in [5.41, 5.74) is 7.98. The van der Waals surface area contributed by atoms with Crippen molar-refractivity contribution in [3.8, 4) is 0 Å². The highest BCUT2D eigenvalue weighted by Crippen LogP contribution is 2.21. The van der Waals surface area contributed by atoms with E-state index in [1.54, 1.807) is 30.3 Å². The lowest BCUT2D eigenvalue weighted by atomic mass is 10.1. The Labute approximate surface area is 148 Å². The van der Waals surface area contributed by atoms with Gasteiger partial charge in [-0.2, -0.15) is 0 Å². The van der Waals surface area contributed by atoms with Gasteiger partial charge in [-0.15, -0.1) is 0 Å². The van der Waals surface area contributed by atoms with Crippen LogP contribution < -0.4 is 22.0 Å². The number of amides is 1. The molecule has 0 atom stereocenters. The van der Waals surface area contributed by atoms with Crippen LogP contribution in [-0.4, -0.2) is 11.0 Å². The highest BCUT2D eigenvalue weighted by Gasteiger charge is 2.05. The van der Waals surface area contributed by atoms with Crippen molar-refractivity contribution in [3.63, 3.8) is 0 Å². The van der Waals surface area contributed by atoms with E-state index in [-0.39, 0.29) is 0 Å². The molecule has 1 aromatic heterocycles. The average molecular weight is 353 g/mol. The highest BCUT2D eigenvalue weighted by atomic mass is 32.1. The quantitative estimate of drug-likeness (QED) is 0.495. The minimum Gasteiger partial charge on any atom is -0.423 e. The third-order valence-electron chi connectivity index (χ3n) is 3.64. The number of primary amides is 1. The van der Waals surface area contributed by atoms with Crippen LogP contribution in [-0.2, 0) is 0 Å². The molecule has 0 fully saturated rings. The zero-order valence-electron chi connectivity index (χ0n) is 13.3. The number of benzene rings is 2. The highest BCUT2D eigenvalue weighted by molar-refractivity contribution is 7.80. The SMILES string of the molecule is Cc1cc(=O)oc2cc(NC(=S)Nc3ccc(C(N)=O)cc3)ccc12. The van der Waals surface area contributed by atoms with Crippen LogP contribution in [0.4, 0.5) is 11.4 Å². The Kier molecular flexibility index (Phi) is 4.49. The standard InChI is InChI=1S/C18H15N3O3S/c1-10-8-16(22)24-15-9-13(6-7-14(10)15)21-18(25)20-12-4-2-11(3-5-12)17(19)23/h2-9H,1H3,(H2,19,23)(H2,20,21,25). The normalized spacial score (nSPS) is 10.4. The van der Waals surface area contributed by atoms with E-state index in [1.807, 2.05) is 19.1 Å². The zero-order chi connectivity index (χ0) is 18.0. The molecule has 0 bridgehead atoms. The van der Waals surface area contributed by atoms with Crippen molar-refractivity contribution < 1.29 is 9.21 Å². The maximum atomic E-state index is 11.5. The number of carbonyl (C=O) groups excluding carboxylic acids is 1. The number of anilines is 2. The van der Waals surface area contributed by atoms with Gasteiger partial charge in [-0.05, 0) is 61.1 Å². The molecule has 3 aromatic rings. The molecule has 126 valence electrons. The number of nitrogens with one attached hydrogen (secondary N) is 2. The van der Waals surface area contributed by atoms with Crippen LogP contribution in [0.15, 0.2) is 57.7 Å². The summed E-state index contributed by atoms with van der Waals surface area (Å²) < 4.78 is 5.22. The Balaban J connectivity index is 1.75. The van der Waals surface area contributed by atoms with Crippen LogP contribution in [0.1, 0.15) is 15.9 Å². The maximum Gasteiger partial charge on any atom is 0.336 e. The van der Waals surface area contributed by atoms with Gasteiger partial charge in [-0.1, -0.05) is 0 Å². The van der Waals surface area contributed by atoms with Gasteiger partial charge in [0.1, 0.15) is 5.58 Å². The van der Waals surface area contributed by atoms with E-state index in [4.69, 9.17) is 22.4 Å². The second-order valence-electron chi connectivity index (χ2n) is 5.48. The zero-order valence-corrected chi connectivity index (χ0v) is 14.1. The van der Waals surface area contributed by atoms with Crippen molar-refractivity contribution in [1.29, 1.82) is 0 Å². The molecule has 4 N–H and O–H groups in total. The molecular weight excluding hydrogens is 338 g/mol. The monoisotopic (exact) mass is 353 g/mol. The van der Waals surface area contributed by atoms with E-state index in [0.717, 1.165) is 10.9 Å². The van der Waals surface area contributed by atoms with Gasteiger partial charge < -0.3 is 20.8 Å². The minimum absolute atomic E-state index is 0.362. The molecule has 1 heterocycles. The molecular formula is C18H15N3O3S. The van der Waals surface area contributed by atoms with Crippen molar-refractivity contribution in [2.45, 2.75) is 6.92 Å². The summed E-state index contributed by atoms with van der Waals surface area (Å²) in [5, 5.41) is 7.26. The van der Waals surface area contributed by atoms with Gasteiger partial charge in [0.25, 0.3) is 0 Å². The number of carbonyl (C=O) groups is 1. The molecule has 7 heteroatoms. The summed E-state index contributed by atoms with van der Waals surface area (Å²) in [6.07, 6.45) is 0. The summed E-state index contributed by atoms with van der Waals surface area (Å²) in [4.78, 5) is 22.6. The summed E-state index contributed by atoms with van der Waals surface area (Å²) in [5.74, 6) is -0.486. The smallest absolute Gasteiger partial charge is 0.336 e. The van der Waals surface area contributed by atoms with Crippen LogP contribution in [0.5, 0.6) is 0 Å². The molecule has 0 aliphatic heterocycles. The summed E-state index contributed by atoms with van der Waals surface area (Å²) in [7, 11) is 0. The second kappa shape index (κ2) is 6.74. The fraction of sp³-hybridized carbons (Fsp3) is 0.0556. The summed E-state index contributed by atoms with van der Waals surface area (Å²) in [6.45, 7) is 1.86. The molecule has 2 aromatic carbocycles. The van der Waals surface area contributed by atoms with Crippen LogP contribution in [0.25, 0.3) is 11.0 Å². The van der Waals surface area contributed by atoms with E-state index >= 15 is 0 Å². The molecule has 0 spiro atoms. The first-order valence-electron chi connectivity index (χ1n) is 7.45. The summed E-state index contributed by atoms with van der Waals surface area (Å²) in [6, 6.07) is 13.5. The maximum absolute atomic E-state index is 11.5. The predicted molar refractivity (Wildman–Crippen MR) is 102 cm³/mol. The van der Waals surface area contributed by atoms with Crippen LogP contribution >= 0.6 is 12.2 Å². The molecule has 0 saturated carbocycles. The first-order valence-corrected chi connectivity index (χ1v) is 7.85. The number of rotatable bonds is 3. The number of aryl methyl sites for hydroxylation is 1. The summed E-state index contributed by atoms with van der Waals surface area (Å²) >= 11 is 5.27. The van der Waals surface area contributed by atoms with Gasteiger partial charge in [-0.3, -0.25) is 4.79 Å². The number of hydrogen-bond donors (Lipinski definition) is 3. The van der Waals surface area contributed by atoms with Crippen LogP contribution in [0.3, 0.4) is 0 Å². The van der Waals surface area contributed by atoms with Crippen LogP contribution in [0, 0.1) is 6.92 Å². The van der Waals surface area contributed by atoms with E-state index in [9.17, 15) is 9.59 Å². The molecule has 25 heavy (non-hydrogen) atoms. The molecule has 0 radical (unpaired) electrons. The number of thiocarbonyl (C=S) groups is 1. The van der Waals surface area contributed by atoms with Gasteiger partial charge in [0.15, 0.2) is 5.11 Å². The first-order chi connectivity index (χ1) is 11.9. The van der Waals surface area contributed by atoms with E-state index in [0.29, 0.717) is 27.6 Å². The van der Waals surface area contributed by atoms with Crippen molar-refractivity contribution in [3.05, 3.63) is 70.1 Å². The first kappa shape index (κ1) is 16.7. The third-order valence-corrected chi connectivity index (χ3v) is 3.84. The Morgan fingerprint density at radius 2 is 1.68 bits per heavy atom. The number of fused-ring (bicyclic) bond motifs is 1. The molecule has 1 amide bonds. The van der Waals surface area contributed by atoms with Crippen molar-refractivity contribution in [2.24, 2.45) is 5.73 Å². The topological polar surface area (TPSA) is 97.4 Å². The lowest BCUT2D eigenvalue weighted by Gasteiger charge is -2.11. The average Bonchev–Trinajstić information content (AvgIpc) is 2.54. The number of hydrogen-bond acceptors (Lipinski definition) is 4. The van der Waals surface area contributed by atoms with E-state index < -0.39 is 11.5 Å². The molecule has 6 nitrogen and oxygen atoms in total. The molecule has 0 saturated heterocycles. The third kappa shape index (κ3) is 3.84. The Hall–Kier alpha value is -3.19. The van der Waals surface area contributed by atoms with Crippen LogP contribution in [0.2, 0.25) is 0 Å². The van der Waals surface area contributed by atoms with Gasteiger partial charge in [0, 0.05) is 34.5 Å². The number of nitrogens with two attached hydrogens (primary N) is 1. The Morgan fingerprint density at radius 1 is 1.04 bits per heavy atom. The fourth-order valence-electron chi connectivity index (χ4n) is 2.41. The van der Waals surface area contributed by atoms with Gasteiger partial charge in [0.2, 0.25) is 5.91 Å². The van der Waals surface area contributed by atoms with Crippen molar-refractivity contribution in [1.82, 2.24) is 0 Å². The van der Waals surface area contributed by atoms with E-state index in [2.05, 4.69) is 10.6 Å². The lowest BCUT2D eigenvalue weighted by Crippen LogP contribution is -2.19. The molecule has 0 unspecified atom stereocenters. The van der Waals surface area contributed by atoms with Gasteiger partial charge >= 0.3 is 5.63 Å². The van der Waals surface area contributed by atoms with Crippen molar-refractivity contribution in [2.75, 3.05) is 10.6 Å². The van der Waals surface area contributed by atoms with Crippen molar-refractivity contribution >= 4 is 45.6 Å². The lowest BCUT2D eigenvalue weighted by molar-refractivity contribution is 0.100. The second-order valence-corrected chi connectivity index (χ2v) is 5.89. The van der Waals surface area contributed by atoms with E-state index in [1.165, 1.54) is 6.07 Å². The molecule has 0 aliphatic rings. The fourth-order valence-corrected chi connectivity index (χ4v) is 2.65. The Bertz CT molecular complexity index is 1030. The predicted octanol–water partition coefficient (Wildman–Crippen LogP) is 3.01. The molecule has 0 aliphatic carbocycles. The Morgan fingerprint density at radius 3 is 2.36 bits per heavy atom. The largest absolute Gasteiger partial charge is 0.423 e. The van der Waals surface area contributed by atoms with Gasteiger partial charge in [-0.25, -0.2) is 4.79 Å². The van der Waals surface area contributed by atoms with Gasteiger partial charge in [0.05, 0.1) is 0 Å².